The molecule has 1 aliphatic rings. The molecule has 0 spiro atoms. The van der Waals surface area contributed by atoms with Crippen molar-refractivity contribution in [3.8, 4) is 0 Å². The molecule has 1 unspecified atom stereocenters. The average Bonchev–Trinajstić information content (AvgIpc) is 1.99. The number of hydrogen-bond acceptors (Lipinski definition) is 3. The van der Waals surface area contributed by atoms with E-state index in [1.165, 1.54) is 0 Å². The van der Waals surface area contributed by atoms with Gasteiger partial charge in [0.15, 0.2) is 0 Å². The molecule has 0 aromatic rings. The Hall–Kier alpha value is -0.830. The van der Waals surface area contributed by atoms with Gasteiger partial charge in [-0.25, -0.2) is 4.79 Å². The topological polar surface area (TPSA) is 46.5 Å². The van der Waals surface area contributed by atoms with Crippen molar-refractivity contribution < 1.29 is 14.6 Å². The summed E-state index contributed by atoms with van der Waals surface area (Å²) in [5.74, 6) is -0.298. The minimum atomic E-state index is -0.328. The lowest BCUT2D eigenvalue weighted by Gasteiger charge is -2.22. The Bertz CT molecular complexity index is 205. The summed E-state index contributed by atoms with van der Waals surface area (Å²) in [6.07, 6.45) is 0.333. The monoisotopic (exact) mass is 156 g/mol. The highest BCUT2D eigenvalue weighted by atomic mass is 16.6. The second kappa shape index (κ2) is 3.05. The molecule has 0 aromatic heterocycles. The van der Waals surface area contributed by atoms with Crippen LogP contribution in [0.3, 0.4) is 0 Å². The van der Waals surface area contributed by atoms with Gasteiger partial charge in [0.05, 0.1) is 6.61 Å². The number of carbonyl (C=O) groups is 1. The lowest BCUT2D eigenvalue weighted by molar-refractivity contribution is -0.147. The van der Waals surface area contributed by atoms with Gasteiger partial charge >= 0.3 is 5.97 Å². The third-order valence-electron chi connectivity index (χ3n) is 1.96. The van der Waals surface area contributed by atoms with Gasteiger partial charge in [0.1, 0.15) is 6.10 Å². The van der Waals surface area contributed by atoms with Crippen LogP contribution in [0.25, 0.3) is 0 Å². The van der Waals surface area contributed by atoms with Crippen molar-refractivity contribution >= 4 is 5.97 Å². The number of aliphatic hydroxyl groups excluding tert-OH is 1. The number of ether oxygens (including phenoxy) is 1. The molecule has 0 bridgehead atoms. The lowest BCUT2D eigenvalue weighted by Crippen LogP contribution is -2.27. The number of cyclic esters (lactones) is 1. The zero-order chi connectivity index (χ0) is 8.43. The number of esters is 1. The van der Waals surface area contributed by atoms with E-state index in [2.05, 4.69) is 0 Å². The highest BCUT2D eigenvalue weighted by molar-refractivity contribution is 5.89. The maximum atomic E-state index is 11.0. The Morgan fingerprint density at radius 2 is 2.27 bits per heavy atom. The van der Waals surface area contributed by atoms with Crippen LogP contribution in [0.1, 0.15) is 20.3 Å². The van der Waals surface area contributed by atoms with Crippen molar-refractivity contribution in [2.75, 3.05) is 6.61 Å². The fraction of sp³-hybridized carbons (Fsp3) is 0.625. The van der Waals surface area contributed by atoms with Crippen molar-refractivity contribution in [2.45, 2.75) is 26.4 Å². The first-order chi connectivity index (χ1) is 5.15. The molecule has 3 heteroatoms. The summed E-state index contributed by atoms with van der Waals surface area (Å²) >= 11 is 0. The molecule has 0 amide bonds. The van der Waals surface area contributed by atoms with Crippen molar-refractivity contribution in [1.29, 1.82) is 0 Å². The van der Waals surface area contributed by atoms with Crippen LogP contribution in [0.4, 0.5) is 0 Å². The van der Waals surface area contributed by atoms with E-state index in [0.717, 1.165) is 5.57 Å². The lowest BCUT2D eigenvalue weighted by atomic mass is 10.0. The number of carbonyl (C=O) groups excluding carboxylic acids is 1. The molecule has 0 aliphatic carbocycles. The average molecular weight is 156 g/mol. The molecule has 0 saturated heterocycles. The second-order valence-corrected chi connectivity index (χ2v) is 2.82. The summed E-state index contributed by atoms with van der Waals surface area (Å²) < 4.78 is 4.87. The summed E-state index contributed by atoms with van der Waals surface area (Å²) in [4.78, 5) is 11.0. The molecule has 1 rings (SSSR count). The Morgan fingerprint density at radius 1 is 1.64 bits per heavy atom. The molecule has 0 radical (unpaired) electrons. The smallest absolute Gasteiger partial charge is 0.334 e. The Balaban J connectivity index is 2.76. The zero-order valence-corrected chi connectivity index (χ0v) is 6.76. The first kappa shape index (κ1) is 8.27. The van der Waals surface area contributed by atoms with E-state index >= 15 is 0 Å². The standard InChI is InChI=1S/C8H12O3/c1-5-3-7(4-9)11-8(10)6(5)2/h7,9H,3-4H2,1-2H3. The summed E-state index contributed by atoms with van der Waals surface area (Å²) in [6.45, 7) is 3.54. The molecule has 1 atom stereocenters. The first-order valence-electron chi connectivity index (χ1n) is 3.63. The molecule has 1 aliphatic heterocycles. The van der Waals surface area contributed by atoms with Gasteiger partial charge < -0.3 is 9.84 Å². The Kier molecular flexibility index (Phi) is 2.29. The molecule has 11 heavy (non-hydrogen) atoms. The molecule has 0 saturated carbocycles. The van der Waals surface area contributed by atoms with E-state index in [1.807, 2.05) is 6.92 Å². The SMILES string of the molecule is CC1=C(C)C(=O)OC(CO)C1. The van der Waals surface area contributed by atoms with Crippen molar-refractivity contribution in [3.63, 3.8) is 0 Å². The second-order valence-electron chi connectivity index (χ2n) is 2.82. The van der Waals surface area contributed by atoms with Gasteiger partial charge in [-0.05, 0) is 13.8 Å². The van der Waals surface area contributed by atoms with E-state index in [1.54, 1.807) is 6.92 Å². The summed E-state index contributed by atoms with van der Waals surface area (Å²) in [6, 6.07) is 0. The fourth-order valence-electron chi connectivity index (χ4n) is 1.05. The summed E-state index contributed by atoms with van der Waals surface area (Å²) in [7, 11) is 0. The molecule has 62 valence electrons. The van der Waals surface area contributed by atoms with Gasteiger partial charge in [0.2, 0.25) is 0 Å². The predicted octanol–water partition coefficient (Wildman–Crippen LogP) is 0.631. The molecule has 3 nitrogen and oxygen atoms in total. The van der Waals surface area contributed by atoms with Crippen molar-refractivity contribution in [1.82, 2.24) is 0 Å². The highest BCUT2D eigenvalue weighted by Crippen LogP contribution is 2.20. The molecule has 1 N–H and O–H groups in total. The van der Waals surface area contributed by atoms with Crippen LogP contribution in [0, 0.1) is 0 Å². The van der Waals surface area contributed by atoms with E-state index < -0.39 is 0 Å². The number of rotatable bonds is 1. The van der Waals surface area contributed by atoms with Crippen molar-refractivity contribution in [3.05, 3.63) is 11.1 Å². The minimum Gasteiger partial charge on any atom is -0.456 e. The predicted molar refractivity (Wildman–Crippen MR) is 40.0 cm³/mol. The first-order valence-corrected chi connectivity index (χ1v) is 3.63. The third kappa shape index (κ3) is 1.60. The van der Waals surface area contributed by atoms with Crippen LogP contribution < -0.4 is 0 Å². The Labute approximate surface area is 65.7 Å². The van der Waals surface area contributed by atoms with Crippen LogP contribution in [-0.2, 0) is 9.53 Å². The van der Waals surface area contributed by atoms with Gasteiger partial charge in [-0.2, -0.15) is 0 Å². The van der Waals surface area contributed by atoms with Crippen LogP contribution in [0.5, 0.6) is 0 Å². The quantitative estimate of drug-likeness (QED) is 0.566. The number of aliphatic hydroxyl groups is 1. The molecular weight excluding hydrogens is 144 g/mol. The van der Waals surface area contributed by atoms with Crippen molar-refractivity contribution in [2.24, 2.45) is 0 Å². The van der Waals surface area contributed by atoms with Crippen LogP contribution in [-0.4, -0.2) is 23.8 Å². The van der Waals surface area contributed by atoms with Gasteiger partial charge in [0.25, 0.3) is 0 Å². The normalized spacial score (nSPS) is 25.4. The number of hydrogen-bond donors (Lipinski definition) is 1. The minimum absolute atomic E-state index is 0.0869. The third-order valence-corrected chi connectivity index (χ3v) is 1.96. The van der Waals surface area contributed by atoms with Crippen LogP contribution in [0.15, 0.2) is 11.1 Å². The zero-order valence-electron chi connectivity index (χ0n) is 6.76. The molecule has 0 fully saturated rings. The van der Waals surface area contributed by atoms with Crippen LogP contribution >= 0.6 is 0 Å². The van der Waals surface area contributed by atoms with E-state index in [-0.39, 0.29) is 18.7 Å². The van der Waals surface area contributed by atoms with Gasteiger partial charge in [0, 0.05) is 12.0 Å². The maximum absolute atomic E-state index is 11.0. The maximum Gasteiger partial charge on any atom is 0.334 e. The largest absolute Gasteiger partial charge is 0.456 e. The molecule has 1 heterocycles. The van der Waals surface area contributed by atoms with E-state index in [9.17, 15) is 4.79 Å². The van der Waals surface area contributed by atoms with Gasteiger partial charge in [-0.15, -0.1) is 0 Å². The fourth-order valence-corrected chi connectivity index (χ4v) is 1.05. The van der Waals surface area contributed by atoms with Gasteiger partial charge in [-0.1, -0.05) is 5.57 Å². The van der Waals surface area contributed by atoms with Gasteiger partial charge in [-0.3, -0.25) is 0 Å². The molecular formula is C8H12O3. The highest BCUT2D eigenvalue weighted by Gasteiger charge is 2.22. The summed E-state index contributed by atoms with van der Waals surface area (Å²) in [5.41, 5.74) is 1.69. The molecule has 0 aromatic carbocycles. The van der Waals surface area contributed by atoms with Crippen LogP contribution in [0.2, 0.25) is 0 Å². The Morgan fingerprint density at radius 3 is 2.73 bits per heavy atom. The summed E-state index contributed by atoms with van der Waals surface area (Å²) in [5, 5.41) is 8.71. The van der Waals surface area contributed by atoms with E-state index in [0.29, 0.717) is 12.0 Å². The van der Waals surface area contributed by atoms with E-state index in [4.69, 9.17) is 9.84 Å².